The highest BCUT2D eigenvalue weighted by molar-refractivity contribution is 6.09. The minimum absolute atomic E-state index is 0.164. The molecule has 0 radical (unpaired) electrons. The van der Waals surface area contributed by atoms with Gasteiger partial charge in [-0.3, -0.25) is 19.3 Å². The minimum Gasteiger partial charge on any atom is -0.351 e. The fourth-order valence-corrected chi connectivity index (χ4v) is 4.12. The van der Waals surface area contributed by atoms with E-state index in [2.05, 4.69) is 5.32 Å². The van der Waals surface area contributed by atoms with Gasteiger partial charge in [0.05, 0.1) is 11.5 Å². The molecule has 3 rings (SSSR count). The van der Waals surface area contributed by atoms with Crippen molar-refractivity contribution in [3.8, 4) is 6.07 Å². The molecule has 0 aromatic heterocycles. The van der Waals surface area contributed by atoms with Crippen LogP contribution in [0.1, 0.15) is 51.9 Å². The number of halogens is 2. The first kappa shape index (κ1) is 21.9. The summed E-state index contributed by atoms with van der Waals surface area (Å²) in [5.74, 6) is -5.56. The maximum atomic E-state index is 14.2. The van der Waals surface area contributed by atoms with Crippen LogP contribution in [-0.2, 0) is 14.4 Å². The highest BCUT2D eigenvalue weighted by Crippen LogP contribution is 2.44. The first-order chi connectivity index (χ1) is 14.0. The summed E-state index contributed by atoms with van der Waals surface area (Å²) < 4.78 is 28.4. The van der Waals surface area contributed by atoms with Crippen LogP contribution >= 0.6 is 0 Å². The van der Waals surface area contributed by atoms with Crippen molar-refractivity contribution in [3.63, 3.8) is 0 Å². The quantitative estimate of drug-likeness (QED) is 0.609. The largest absolute Gasteiger partial charge is 0.351 e. The number of primary amides is 1. The molecule has 11 heteroatoms. The fourth-order valence-electron chi connectivity index (χ4n) is 4.12. The van der Waals surface area contributed by atoms with Crippen LogP contribution < -0.4 is 11.1 Å². The summed E-state index contributed by atoms with van der Waals surface area (Å²) in [4.78, 5) is 52.2. The van der Waals surface area contributed by atoms with Gasteiger partial charge in [0.1, 0.15) is 11.6 Å². The van der Waals surface area contributed by atoms with Crippen LogP contribution in [0.15, 0.2) is 0 Å². The number of carbonyl (C=O) groups is 4. The van der Waals surface area contributed by atoms with Crippen LogP contribution in [0, 0.1) is 16.7 Å². The molecule has 1 saturated carbocycles. The number of nitrogens with two attached hydrogens (primary N) is 1. The number of amides is 5. The highest BCUT2D eigenvalue weighted by atomic mass is 19.3. The van der Waals surface area contributed by atoms with Crippen LogP contribution in [0.3, 0.4) is 0 Å². The Labute approximate surface area is 172 Å². The Morgan fingerprint density at radius 1 is 1.27 bits per heavy atom. The number of carbonyl (C=O) groups excluding carboxylic acids is 4. The Bertz CT molecular complexity index is 812. The molecule has 0 aromatic carbocycles. The summed E-state index contributed by atoms with van der Waals surface area (Å²) in [7, 11) is 0. The fraction of sp³-hybridized carbons (Fsp3) is 0.737. The lowest BCUT2D eigenvalue weighted by Gasteiger charge is -2.37. The Balaban J connectivity index is 1.84. The van der Waals surface area contributed by atoms with Gasteiger partial charge in [-0.05, 0) is 25.7 Å². The Kier molecular flexibility index (Phi) is 5.47. The lowest BCUT2D eigenvalue weighted by molar-refractivity contribution is -0.153. The SMILES string of the molecule is CCC(F)(F)C[C@@H](C(=O)NC1(C#N)CC1)N1C(=O)CC2(CCN(C(N)=O)CC2)C1=O. The zero-order valence-electron chi connectivity index (χ0n) is 16.7. The van der Waals surface area contributed by atoms with Crippen molar-refractivity contribution >= 4 is 23.8 Å². The van der Waals surface area contributed by atoms with Crippen molar-refractivity contribution < 1.29 is 28.0 Å². The number of alkyl halides is 2. The molecule has 0 bridgehead atoms. The Morgan fingerprint density at radius 3 is 2.33 bits per heavy atom. The zero-order valence-corrected chi connectivity index (χ0v) is 16.7. The number of likely N-dealkylation sites (tertiary alicyclic amines) is 2. The predicted octanol–water partition coefficient (Wildman–Crippen LogP) is 0.883. The normalized spacial score (nSPS) is 23.3. The van der Waals surface area contributed by atoms with Crippen LogP contribution in [0.2, 0.25) is 0 Å². The third kappa shape index (κ3) is 3.95. The molecule has 3 N–H and O–H groups in total. The van der Waals surface area contributed by atoms with E-state index in [1.807, 2.05) is 6.07 Å². The number of hydrogen-bond acceptors (Lipinski definition) is 5. The number of nitriles is 1. The van der Waals surface area contributed by atoms with E-state index in [0.29, 0.717) is 17.7 Å². The van der Waals surface area contributed by atoms with Gasteiger partial charge in [-0.25, -0.2) is 13.6 Å². The van der Waals surface area contributed by atoms with Crippen molar-refractivity contribution in [2.24, 2.45) is 11.1 Å². The second-order valence-corrected chi connectivity index (χ2v) is 8.46. The molecule has 0 aromatic rings. The maximum Gasteiger partial charge on any atom is 0.314 e. The first-order valence-electron chi connectivity index (χ1n) is 10.0. The van der Waals surface area contributed by atoms with Gasteiger partial charge in [-0.1, -0.05) is 6.92 Å². The molecule has 3 fully saturated rings. The lowest BCUT2D eigenvalue weighted by Crippen LogP contribution is -2.55. The molecular formula is C19H25F2N5O4. The number of nitrogens with zero attached hydrogens (tertiary/aromatic N) is 3. The molecule has 2 aliphatic heterocycles. The summed E-state index contributed by atoms with van der Waals surface area (Å²) >= 11 is 0. The van der Waals surface area contributed by atoms with Crippen LogP contribution in [0.25, 0.3) is 0 Å². The third-order valence-corrected chi connectivity index (χ3v) is 6.41. The van der Waals surface area contributed by atoms with Crippen molar-refractivity contribution in [1.82, 2.24) is 15.1 Å². The van der Waals surface area contributed by atoms with Crippen LogP contribution in [0.5, 0.6) is 0 Å². The summed E-state index contributed by atoms with van der Waals surface area (Å²) in [5.41, 5.74) is 3.01. The molecule has 0 unspecified atom stereocenters. The van der Waals surface area contributed by atoms with E-state index in [-0.39, 0.29) is 32.4 Å². The lowest BCUT2D eigenvalue weighted by atomic mass is 9.77. The van der Waals surface area contributed by atoms with E-state index in [9.17, 15) is 33.2 Å². The van der Waals surface area contributed by atoms with Crippen molar-refractivity contribution in [1.29, 1.82) is 5.26 Å². The topological polar surface area (TPSA) is 137 Å². The van der Waals surface area contributed by atoms with Gasteiger partial charge in [-0.2, -0.15) is 5.26 Å². The molecule has 1 atom stereocenters. The second kappa shape index (κ2) is 7.49. The van der Waals surface area contributed by atoms with E-state index in [0.717, 1.165) is 0 Å². The van der Waals surface area contributed by atoms with E-state index in [4.69, 9.17) is 5.73 Å². The minimum atomic E-state index is -3.27. The first-order valence-corrected chi connectivity index (χ1v) is 10.0. The average molecular weight is 425 g/mol. The van der Waals surface area contributed by atoms with Crippen LogP contribution in [-0.4, -0.2) is 64.1 Å². The number of imide groups is 1. The number of piperidine rings is 1. The van der Waals surface area contributed by atoms with Gasteiger partial charge >= 0.3 is 6.03 Å². The highest BCUT2D eigenvalue weighted by Gasteiger charge is 2.57. The standard InChI is InChI=1S/C19H25F2N5O4/c1-2-19(20,21)9-12(14(28)24-18(11-22)3-4-18)26-13(27)10-17(15(26)29)5-7-25(8-6-17)16(23)30/h12H,2-10H2,1H3,(H2,23,30)(H,24,28)/t12-/m0/s1. The van der Waals surface area contributed by atoms with E-state index < -0.39 is 59.5 Å². The molecule has 30 heavy (non-hydrogen) atoms. The summed E-state index contributed by atoms with van der Waals surface area (Å²) in [6.07, 6.45) is -0.659. The number of hydrogen-bond donors (Lipinski definition) is 2. The molecular weight excluding hydrogens is 400 g/mol. The number of nitrogens with one attached hydrogen (secondary N) is 1. The number of rotatable bonds is 6. The van der Waals surface area contributed by atoms with Gasteiger partial charge in [0, 0.05) is 32.4 Å². The van der Waals surface area contributed by atoms with Crippen LogP contribution in [0.4, 0.5) is 13.6 Å². The summed E-state index contributed by atoms with van der Waals surface area (Å²) in [5, 5.41) is 11.6. The summed E-state index contributed by atoms with van der Waals surface area (Å²) in [6, 6.07) is -0.387. The van der Waals surface area contributed by atoms with E-state index in [1.165, 1.54) is 11.8 Å². The molecule has 164 valence electrons. The Hall–Kier alpha value is -2.77. The van der Waals surface area contributed by atoms with Gasteiger partial charge < -0.3 is 16.0 Å². The van der Waals surface area contributed by atoms with E-state index in [1.54, 1.807) is 0 Å². The molecule has 2 saturated heterocycles. The second-order valence-electron chi connectivity index (χ2n) is 8.46. The molecule has 9 nitrogen and oxygen atoms in total. The summed E-state index contributed by atoms with van der Waals surface area (Å²) in [6.45, 7) is 1.59. The average Bonchev–Trinajstić information content (AvgIpc) is 3.42. The third-order valence-electron chi connectivity index (χ3n) is 6.41. The molecule has 2 heterocycles. The van der Waals surface area contributed by atoms with Gasteiger partial charge in [0.2, 0.25) is 23.6 Å². The van der Waals surface area contributed by atoms with Crippen molar-refractivity contribution in [2.75, 3.05) is 13.1 Å². The zero-order chi connectivity index (χ0) is 22.3. The van der Waals surface area contributed by atoms with Gasteiger partial charge in [-0.15, -0.1) is 0 Å². The van der Waals surface area contributed by atoms with Crippen molar-refractivity contribution in [2.45, 2.75) is 69.4 Å². The maximum absolute atomic E-state index is 14.2. The molecule has 5 amide bonds. The molecule has 1 spiro atoms. The molecule has 3 aliphatic rings. The smallest absolute Gasteiger partial charge is 0.314 e. The monoisotopic (exact) mass is 425 g/mol. The predicted molar refractivity (Wildman–Crippen MR) is 98.7 cm³/mol. The van der Waals surface area contributed by atoms with Gasteiger partial charge in [0.25, 0.3) is 0 Å². The Morgan fingerprint density at radius 2 is 1.87 bits per heavy atom. The van der Waals surface area contributed by atoms with E-state index >= 15 is 0 Å². The van der Waals surface area contributed by atoms with Gasteiger partial charge in [0.15, 0.2) is 0 Å². The number of urea groups is 1. The molecule has 1 aliphatic carbocycles. The van der Waals surface area contributed by atoms with Crippen molar-refractivity contribution in [3.05, 3.63) is 0 Å².